The highest BCUT2D eigenvalue weighted by atomic mass is 32.2. The fourth-order valence-corrected chi connectivity index (χ4v) is 3.91. The number of benzene rings is 1. The molecule has 20 heavy (non-hydrogen) atoms. The number of rotatable bonds is 4. The van der Waals surface area contributed by atoms with Gasteiger partial charge < -0.3 is 4.74 Å². The third kappa shape index (κ3) is 3.58. The van der Waals surface area contributed by atoms with Crippen molar-refractivity contribution < 1.29 is 17.9 Å². The smallest absolute Gasteiger partial charge is 0.337 e. The first-order chi connectivity index (χ1) is 9.53. The Hall–Kier alpha value is -1.40. The molecule has 0 aromatic heterocycles. The second kappa shape index (κ2) is 6.37. The predicted molar refractivity (Wildman–Crippen MR) is 75.8 cm³/mol. The molecule has 0 bridgehead atoms. The van der Waals surface area contributed by atoms with Crippen molar-refractivity contribution in [2.75, 3.05) is 20.2 Å². The lowest BCUT2D eigenvalue weighted by atomic mass is 10.1. The van der Waals surface area contributed by atoms with E-state index in [1.54, 1.807) is 28.6 Å². The SMILES string of the molecule is COC(=O)c1ccc(CS(=O)(=O)N2CCCCC2)cc1. The fraction of sp³-hybridized carbons (Fsp3) is 0.500. The molecule has 1 aromatic rings. The van der Waals surface area contributed by atoms with Crippen molar-refractivity contribution in [3.05, 3.63) is 35.4 Å². The van der Waals surface area contributed by atoms with Crippen molar-refractivity contribution >= 4 is 16.0 Å². The molecule has 1 aromatic carbocycles. The monoisotopic (exact) mass is 297 g/mol. The molecule has 0 atom stereocenters. The molecule has 5 nitrogen and oxygen atoms in total. The number of carbonyl (C=O) groups excluding carboxylic acids is 1. The van der Waals surface area contributed by atoms with Crippen molar-refractivity contribution in [1.82, 2.24) is 4.31 Å². The van der Waals surface area contributed by atoms with E-state index in [0.717, 1.165) is 19.3 Å². The molecule has 1 heterocycles. The zero-order chi connectivity index (χ0) is 14.6. The van der Waals surface area contributed by atoms with Gasteiger partial charge in [0, 0.05) is 13.1 Å². The number of ether oxygens (including phenoxy) is 1. The highest BCUT2D eigenvalue weighted by Crippen LogP contribution is 2.17. The molecular formula is C14H19NO4S. The Labute approximate surface area is 119 Å². The van der Waals surface area contributed by atoms with Gasteiger partial charge in [-0.05, 0) is 30.5 Å². The van der Waals surface area contributed by atoms with E-state index < -0.39 is 16.0 Å². The van der Waals surface area contributed by atoms with Crippen molar-refractivity contribution in [2.24, 2.45) is 0 Å². The van der Waals surface area contributed by atoms with Gasteiger partial charge in [-0.1, -0.05) is 18.6 Å². The molecule has 0 aliphatic carbocycles. The first kappa shape index (κ1) is 15.0. The third-order valence-corrected chi connectivity index (χ3v) is 5.28. The minimum Gasteiger partial charge on any atom is -0.465 e. The van der Waals surface area contributed by atoms with Crippen molar-refractivity contribution in [2.45, 2.75) is 25.0 Å². The molecule has 0 unspecified atom stereocenters. The lowest BCUT2D eigenvalue weighted by Crippen LogP contribution is -2.36. The van der Waals surface area contributed by atoms with Crippen LogP contribution >= 0.6 is 0 Å². The molecule has 6 heteroatoms. The van der Waals surface area contributed by atoms with Gasteiger partial charge in [-0.3, -0.25) is 0 Å². The van der Waals surface area contributed by atoms with Crippen LogP contribution in [0, 0.1) is 0 Å². The number of nitrogens with zero attached hydrogens (tertiary/aromatic N) is 1. The van der Waals surface area contributed by atoms with E-state index in [2.05, 4.69) is 4.74 Å². The van der Waals surface area contributed by atoms with Gasteiger partial charge in [-0.15, -0.1) is 0 Å². The second-order valence-corrected chi connectivity index (χ2v) is 6.87. The van der Waals surface area contributed by atoms with E-state index in [-0.39, 0.29) is 5.75 Å². The summed E-state index contributed by atoms with van der Waals surface area (Å²) < 4.78 is 30.7. The summed E-state index contributed by atoms with van der Waals surface area (Å²) in [6.45, 7) is 1.23. The molecule has 110 valence electrons. The zero-order valence-electron chi connectivity index (χ0n) is 11.5. The van der Waals surface area contributed by atoms with Crippen LogP contribution in [0.1, 0.15) is 35.2 Å². The summed E-state index contributed by atoms with van der Waals surface area (Å²) in [5.41, 5.74) is 1.11. The number of methoxy groups -OCH3 is 1. The van der Waals surface area contributed by atoms with Crippen molar-refractivity contribution in [3.8, 4) is 0 Å². The van der Waals surface area contributed by atoms with Gasteiger partial charge in [0.15, 0.2) is 0 Å². The fourth-order valence-electron chi connectivity index (χ4n) is 2.30. The summed E-state index contributed by atoms with van der Waals surface area (Å²) in [6, 6.07) is 6.50. The Bertz CT molecular complexity index is 559. The maximum Gasteiger partial charge on any atom is 0.337 e. The Morgan fingerprint density at radius 3 is 2.30 bits per heavy atom. The number of sulfonamides is 1. The summed E-state index contributed by atoms with van der Waals surface area (Å²) in [4.78, 5) is 11.3. The minimum atomic E-state index is -3.26. The van der Waals surface area contributed by atoms with Crippen LogP contribution in [0.5, 0.6) is 0 Å². The normalized spacial score (nSPS) is 16.9. The van der Waals surface area contributed by atoms with Crippen LogP contribution in [0.3, 0.4) is 0 Å². The molecule has 0 amide bonds. The standard InChI is InChI=1S/C14H19NO4S/c1-19-14(16)13-7-5-12(6-8-13)11-20(17,18)15-9-3-2-4-10-15/h5-8H,2-4,9-11H2,1H3. The molecular weight excluding hydrogens is 278 g/mol. The van der Waals surface area contributed by atoms with Gasteiger partial charge in [-0.25, -0.2) is 17.5 Å². The van der Waals surface area contributed by atoms with Gasteiger partial charge in [0.25, 0.3) is 0 Å². The second-order valence-electron chi connectivity index (χ2n) is 4.90. The van der Waals surface area contributed by atoms with Crippen molar-refractivity contribution in [1.29, 1.82) is 0 Å². The van der Waals surface area contributed by atoms with E-state index >= 15 is 0 Å². The quantitative estimate of drug-likeness (QED) is 0.795. The summed E-state index contributed by atoms with van der Waals surface area (Å²) >= 11 is 0. The Kier molecular flexibility index (Phi) is 4.77. The molecule has 1 fully saturated rings. The lowest BCUT2D eigenvalue weighted by molar-refractivity contribution is 0.0600. The van der Waals surface area contributed by atoms with Crippen molar-refractivity contribution in [3.63, 3.8) is 0 Å². The lowest BCUT2D eigenvalue weighted by Gasteiger charge is -2.25. The van der Waals surface area contributed by atoms with Crippen LogP contribution in [0.15, 0.2) is 24.3 Å². The maximum absolute atomic E-state index is 12.3. The summed E-state index contributed by atoms with van der Waals surface area (Å²) in [5.74, 6) is -0.440. The average Bonchev–Trinajstić information content (AvgIpc) is 2.48. The summed E-state index contributed by atoms with van der Waals surface area (Å²) in [5, 5.41) is 0. The first-order valence-electron chi connectivity index (χ1n) is 6.68. The Morgan fingerprint density at radius 1 is 1.15 bits per heavy atom. The van der Waals surface area contributed by atoms with Crippen LogP contribution in [0.25, 0.3) is 0 Å². The molecule has 0 radical (unpaired) electrons. The molecule has 0 saturated carbocycles. The molecule has 0 N–H and O–H groups in total. The number of esters is 1. The highest BCUT2D eigenvalue weighted by Gasteiger charge is 2.24. The summed E-state index contributed by atoms with van der Waals surface area (Å²) in [7, 11) is -1.94. The van der Waals surface area contributed by atoms with Crippen LogP contribution in [0.4, 0.5) is 0 Å². The number of hydrogen-bond donors (Lipinski definition) is 0. The van der Waals surface area contributed by atoms with Gasteiger partial charge in [-0.2, -0.15) is 0 Å². The van der Waals surface area contributed by atoms with Gasteiger partial charge >= 0.3 is 5.97 Å². The molecule has 0 spiro atoms. The van der Waals surface area contributed by atoms with E-state index in [1.165, 1.54) is 7.11 Å². The predicted octanol–water partition coefficient (Wildman–Crippen LogP) is 1.79. The van der Waals surface area contributed by atoms with E-state index in [4.69, 9.17) is 0 Å². The molecule has 1 aliphatic rings. The largest absolute Gasteiger partial charge is 0.465 e. The van der Waals surface area contributed by atoms with E-state index in [1.807, 2.05) is 0 Å². The highest BCUT2D eigenvalue weighted by molar-refractivity contribution is 7.88. The van der Waals surface area contributed by atoms with Gasteiger partial charge in [0.2, 0.25) is 10.0 Å². The molecule has 2 rings (SSSR count). The number of hydrogen-bond acceptors (Lipinski definition) is 4. The third-order valence-electron chi connectivity index (χ3n) is 3.43. The molecule has 1 saturated heterocycles. The first-order valence-corrected chi connectivity index (χ1v) is 8.29. The van der Waals surface area contributed by atoms with Gasteiger partial charge in [0.1, 0.15) is 0 Å². The van der Waals surface area contributed by atoms with E-state index in [9.17, 15) is 13.2 Å². The van der Waals surface area contributed by atoms with Crippen LogP contribution < -0.4 is 0 Å². The zero-order valence-corrected chi connectivity index (χ0v) is 12.4. The molecule has 1 aliphatic heterocycles. The van der Waals surface area contributed by atoms with Gasteiger partial charge in [0.05, 0.1) is 18.4 Å². The summed E-state index contributed by atoms with van der Waals surface area (Å²) in [6.07, 6.45) is 2.96. The topological polar surface area (TPSA) is 63.7 Å². The number of piperidine rings is 1. The van der Waals surface area contributed by atoms with Crippen LogP contribution in [0.2, 0.25) is 0 Å². The Balaban J connectivity index is 2.07. The Morgan fingerprint density at radius 2 is 1.75 bits per heavy atom. The van der Waals surface area contributed by atoms with Crippen LogP contribution in [-0.4, -0.2) is 38.9 Å². The van der Waals surface area contributed by atoms with E-state index in [0.29, 0.717) is 24.2 Å². The number of carbonyl (C=O) groups is 1. The van der Waals surface area contributed by atoms with Crippen LogP contribution in [-0.2, 0) is 20.5 Å². The average molecular weight is 297 g/mol. The maximum atomic E-state index is 12.3. The minimum absolute atomic E-state index is 0.0194.